The van der Waals surface area contributed by atoms with E-state index in [2.05, 4.69) is 88.4 Å². The second-order valence-electron chi connectivity index (χ2n) is 7.85. The third-order valence-corrected chi connectivity index (χ3v) is 27.2. The molecule has 0 spiro atoms. The molecule has 0 bridgehead atoms. The van der Waals surface area contributed by atoms with Gasteiger partial charge in [-0.1, -0.05) is 106 Å². The van der Waals surface area contributed by atoms with Gasteiger partial charge >= 0.3 is 0 Å². The SMILES string of the molecule is CC[Si]1(CC)CCC(c2ccccc2)(c2ccccc2)O[Si]1(CC)CC. The first kappa shape index (κ1) is 19.6. The molecular weight excluding hydrogens is 348 g/mol. The zero-order valence-corrected chi connectivity index (χ0v) is 18.9. The second-order valence-corrected chi connectivity index (χ2v) is 21.8. The first-order chi connectivity index (χ1) is 12.6. The van der Waals surface area contributed by atoms with Crippen LogP contribution in [0.4, 0.5) is 0 Å². The van der Waals surface area contributed by atoms with Crippen molar-refractivity contribution in [3.8, 4) is 0 Å². The Morgan fingerprint density at radius 2 is 1.19 bits per heavy atom. The third kappa shape index (κ3) is 2.94. The molecule has 0 unspecified atom stereocenters. The molecule has 1 fully saturated rings. The molecule has 26 heavy (non-hydrogen) atoms. The minimum Gasteiger partial charge on any atom is -0.406 e. The van der Waals surface area contributed by atoms with E-state index in [1.54, 1.807) is 0 Å². The lowest BCUT2D eigenvalue weighted by Crippen LogP contribution is -2.69. The summed E-state index contributed by atoms with van der Waals surface area (Å²) < 4.78 is 7.53. The normalized spacial score (nSPS) is 20.6. The maximum Gasteiger partial charge on any atom is 0.181 e. The largest absolute Gasteiger partial charge is 0.406 e. The van der Waals surface area contributed by atoms with Crippen LogP contribution < -0.4 is 0 Å². The van der Waals surface area contributed by atoms with Gasteiger partial charge in [0.25, 0.3) is 0 Å². The lowest BCUT2D eigenvalue weighted by atomic mass is 9.84. The van der Waals surface area contributed by atoms with E-state index in [1.165, 1.54) is 41.3 Å². The summed E-state index contributed by atoms with van der Waals surface area (Å²) in [5, 5.41) is 0. The minimum atomic E-state index is -1.77. The number of hydrogen-bond donors (Lipinski definition) is 0. The molecule has 0 aromatic heterocycles. The highest BCUT2D eigenvalue weighted by atomic mass is 29.3. The van der Waals surface area contributed by atoms with Gasteiger partial charge in [-0.05, 0) is 29.6 Å². The van der Waals surface area contributed by atoms with Crippen LogP contribution in [0.3, 0.4) is 0 Å². The fraction of sp³-hybridized carbons (Fsp3) is 0.478. The van der Waals surface area contributed by atoms with Gasteiger partial charge in [0.05, 0.1) is 7.59 Å². The average molecular weight is 383 g/mol. The Bertz CT molecular complexity index is 651. The van der Waals surface area contributed by atoms with Gasteiger partial charge in [-0.15, -0.1) is 0 Å². The average Bonchev–Trinajstić information content (AvgIpc) is 2.74. The Balaban J connectivity index is 2.19. The molecule has 3 heteroatoms. The van der Waals surface area contributed by atoms with Crippen molar-refractivity contribution in [3.63, 3.8) is 0 Å². The van der Waals surface area contributed by atoms with Crippen molar-refractivity contribution in [2.75, 3.05) is 0 Å². The van der Waals surface area contributed by atoms with E-state index in [4.69, 9.17) is 4.43 Å². The fourth-order valence-corrected chi connectivity index (χ4v) is 24.1. The molecule has 1 saturated heterocycles. The van der Waals surface area contributed by atoms with Crippen molar-refractivity contribution < 1.29 is 4.43 Å². The van der Waals surface area contributed by atoms with E-state index in [0.717, 1.165) is 6.42 Å². The lowest BCUT2D eigenvalue weighted by molar-refractivity contribution is 0.0896. The molecular formula is C23H34OSi2. The van der Waals surface area contributed by atoms with Crippen molar-refractivity contribution in [1.82, 2.24) is 0 Å². The molecule has 0 saturated carbocycles. The highest BCUT2D eigenvalue weighted by Gasteiger charge is 2.60. The molecule has 1 aliphatic heterocycles. The first-order valence-corrected chi connectivity index (χ1v) is 16.4. The summed E-state index contributed by atoms with van der Waals surface area (Å²) in [5.41, 5.74) is 2.45. The summed E-state index contributed by atoms with van der Waals surface area (Å²) >= 11 is 0. The van der Waals surface area contributed by atoms with E-state index in [-0.39, 0.29) is 5.60 Å². The van der Waals surface area contributed by atoms with Gasteiger partial charge in [0.15, 0.2) is 7.83 Å². The summed E-state index contributed by atoms with van der Waals surface area (Å²) in [6, 6.07) is 28.8. The molecule has 1 aliphatic rings. The van der Waals surface area contributed by atoms with Crippen molar-refractivity contribution >= 4 is 15.4 Å². The molecule has 140 valence electrons. The number of rotatable bonds is 6. The summed E-state index contributed by atoms with van der Waals surface area (Å²) in [7, 11) is -3.12. The van der Waals surface area contributed by atoms with Gasteiger partial charge in [-0.2, -0.15) is 0 Å². The van der Waals surface area contributed by atoms with Crippen LogP contribution in [0, 0.1) is 0 Å². The van der Waals surface area contributed by atoms with Crippen molar-refractivity contribution in [2.24, 2.45) is 0 Å². The Labute approximate surface area is 161 Å². The number of benzene rings is 2. The van der Waals surface area contributed by atoms with Gasteiger partial charge in [0, 0.05) is 0 Å². The quantitative estimate of drug-likeness (QED) is 0.493. The van der Waals surface area contributed by atoms with Gasteiger partial charge in [-0.3, -0.25) is 0 Å². The standard InChI is InChI=1S/C23H34OSi2/c1-5-25(6-2)20-19-23(21-15-11-9-12-16-21,22-17-13-10-14-18-22)24-26(25,7-3)8-4/h9-18H,5-8,19-20H2,1-4H3. The molecule has 3 rings (SSSR count). The topological polar surface area (TPSA) is 9.23 Å². The molecule has 0 amide bonds. The minimum absolute atomic E-state index is 0.248. The van der Waals surface area contributed by atoms with Crippen LogP contribution in [-0.4, -0.2) is 15.4 Å². The molecule has 2 aromatic rings. The van der Waals surface area contributed by atoms with Crippen LogP contribution in [-0.2, 0) is 10.0 Å². The maximum absolute atomic E-state index is 7.53. The molecule has 2 aromatic carbocycles. The van der Waals surface area contributed by atoms with Crippen molar-refractivity contribution in [3.05, 3.63) is 71.8 Å². The van der Waals surface area contributed by atoms with E-state index < -0.39 is 15.4 Å². The summed E-state index contributed by atoms with van der Waals surface area (Å²) in [6.45, 7) is 9.72. The first-order valence-electron chi connectivity index (χ1n) is 10.4. The van der Waals surface area contributed by atoms with Gasteiger partial charge in [0.2, 0.25) is 0 Å². The fourth-order valence-electron chi connectivity index (χ4n) is 5.52. The Hall–Kier alpha value is -1.17. The lowest BCUT2D eigenvalue weighted by Gasteiger charge is -2.57. The van der Waals surface area contributed by atoms with Crippen LogP contribution in [0.1, 0.15) is 45.2 Å². The molecule has 0 atom stereocenters. The van der Waals surface area contributed by atoms with Crippen LogP contribution in [0.5, 0.6) is 0 Å². The Morgan fingerprint density at radius 1 is 0.731 bits per heavy atom. The van der Waals surface area contributed by atoms with Crippen LogP contribution in [0.25, 0.3) is 0 Å². The van der Waals surface area contributed by atoms with E-state index >= 15 is 0 Å². The third-order valence-electron chi connectivity index (χ3n) is 7.27. The summed E-state index contributed by atoms with van der Waals surface area (Å²) in [5.74, 6) is 0. The zero-order chi connectivity index (χ0) is 18.7. The maximum atomic E-state index is 7.53. The van der Waals surface area contributed by atoms with Gasteiger partial charge in [-0.25, -0.2) is 0 Å². The molecule has 0 radical (unpaired) electrons. The molecule has 0 N–H and O–H groups in total. The highest BCUT2D eigenvalue weighted by Crippen LogP contribution is 2.52. The Kier molecular flexibility index (Phi) is 5.90. The highest BCUT2D eigenvalue weighted by molar-refractivity contribution is 7.40. The molecule has 1 nitrogen and oxygen atoms in total. The number of hydrogen-bond acceptors (Lipinski definition) is 1. The summed E-state index contributed by atoms with van der Waals surface area (Å²) in [4.78, 5) is 0. The van der Waals surface area contributed by atoms with Crippen LogP contribution in [0.15, 0.2) is 60.7 Å². The zero-order valence-electron chi connectivity index (χ0n) is 16.9. The van der Waals surface area contributed by atoms with Crippen molar-refractivity contribution in [2.45, 2.75) is 69.9 Å². The van der Waals surface area contributed by atoms with Crippen LogP contribution >= 0.6 is 0 Å². The van der Waals surface area contributed by atoms with E-state index in [0.29, 0.717) is 0 Å². The van der Waals surface area contributed by atoms with Crippen molar-refractivity contribution in [1.29, 1.82) is 0 Å². The molecule has 1 heterocycles. The molecule has 0 aliphatic carbocycles. The summed E-state index contributed by atoms with van der Waals surface area (Å²) in [6.07, 6.45) is 1.14. The predicted molar refractivity (Wildman–Crippen MR) is 118 cm³/mol. The Morgan fingerprint density at radius 3 is 1.58 bits per heavy atom. The van der Waals surface area contributed by atoms with E-state index in [9.17, 15) is 0 Å². The predicted octanol–water partition coefficient (Wildman–Crippen LogP) is 6.90. The second kappa shape index (κ2) is 7.83. The van der Waals surface area contributed by atoms with Crippen LogP contribution in [0.2, 0.25) is 30.2 Å². The monoisotopic (exact) mass is 382 g/mol. The van der Waals surface area contributed by atoms with E-state index in [1.807, 2.05) is 0 Å². The smallest absolute Gasteiger partial charge is 0.181 e. The van der Waals surface area contributed by atoms with Gasteiger partial charge < -0.3 is 4.43 Å². The van der Waals surface area contributed by atoms with Gasteiger partial charge in [0.1, 0.15) is 5.60 Å².